The number of benzene rings is 2. The number of alkyl halides is 3. The first kappa shape index (κ1) is 31.7. The average Bonchev–Trinajstić information content (AvgIpc) is 2.97. The van der Waals surface area contributed by atoms with E-state index in [1.807, 2.05) is 0 Å². The number of pyridine rings is 1. The van der Waals surface area contributed by atoms with Gasteiger partial charge in [0.2, 0.25) is 11.8 Å². The topological polar surface area (TPSA) is 98.2 Å². The van der Waals surface area contributed by atoms with Crippen molar-refractivity contribution < 1.29 is 42.1 Å². The number of carbonyl (C=O) groups excluding carboxylic acids is 1. The van der Waals surface area contributed by atoms with Gasteiger partial charge in [-0.1, -0.05) is 13.0 Å². The molecule has 1 heterocycles. The molecule has 1 saturated carbocycles. The molecule has 0 radical (unpaired) electrons. The molecule has 1 aliphatic carbocycles. The molecule has 4 rings (SSSR count). The molecule has 43 heavy (non-hydrogen) atoms. The number of carboxylic acids is 1. The SMILES string of the molecule is COc1cccc(OCc2cnc(Oc3ccc(N(C(=O)C4CCC(C)CC4)C(C)C)c(C(=O)O)c3)c(C(F)(F)F)c2)c1. The number of rotatable bonds is 10. The maximum Gasteiger partial charge on any atom is 0.421 e. The standard InChI is InChI=1S/C32H35F3N2O6/c1-19(2)37(30(38)22-10-8-20(3)9-11-22)28-13-12-25(16-26(28)31(39)40)43-29-27(32(33,34)35)14-21(17-36-29)18-42-24-7-5-6-23(15-24)41-4/h5-7,12-17,19-20,22H,8-11,18H2,1-4H3,(H,39,40). The van der Waals surface area contributed by atoms with Gasteiger partial charge >= 0.3 is 12.1 Å². The number of methoxy groups -OCH3 is 1. The molecule has 0 bridgehead atoms. The first-order valence-electron chi connectivity index (χ1n) is 14.1. The van der Waals surface area contributed by atoms with Crippen LogP contribution in [-0.2, 0) is 17.6 Å². The molecule has 2 aromatic carbocycles. The van der Waals surface area contributed by atoms with E-state index in [-0.39, 0.29) is 47.0 Å². The van der Waals surface area contributed by atoms with Gasteiger partial charge in [-0.25, -0.2) is 9.78 Å². The summed E-state index contributed by atoms with van der Waals surface area (Å²) in [4.78, 5) is 31.1. The first-order valence-corrected chi connectivity index (χ1v) is 14.1. The summed E-state index contributed by atoms with van der Waals surface area (Å²) in [5.74, 6) is -1.16. The Balaban J connectivity index is 1.60. The molecule has 1 fully saturated rings. The van der Waals surface area contributed by atoms with Crippen molar-refractivity contribution >= 4 is 17.6 Å². The number of carbonyl (C=O) groups is 2. The van der Waals surface area contributed by atoms with E-state index in [4.69, 9.17) is 14.2 Å². The van der Waals surface area contributed by atoms with Crippen LogP contribution in [0.1, 0.15) is 67.9 Å². The van der Waals surface area contributed by atoms with Crippen molar-refractivity contribution in [3.63, 3.8) is 0 Å². The fourth-order valence-electron chi connectivity index (χ4n) is 5.14. The van der Waals surface area contributed by atoms with Gasteiger partial charge in [-0.15, -0.1) is 0 Å². The Hall–Kier alpha value is -4.28. The molecule has 0 atom stereocenters. The molecule has 8 nitrogen and oxygen atoms in total. The lowest BCUT2D eigenvalue weighted by Crippen LogP contribution is -2.42. The van der Waals surface area contributed by atoms with Crippen LogP contribution in [0.25, 0.3) is 0 Å². The van der Waals surface area contributed by atoms with Crippen LogP contribution in [0.4, 0.5) is 18.9 Å². The quantitative estimate of drug-likeness (QED) is 0.254. The van der Waals surface area contributed by atoms with Crippen LogP contribution in [0.3, 0.4) is 0 Å². The highest BCUT2D eigenvalue weighted by Gasteiger charge is 2.37. The molecular formula is C32H35F3N2O6. The van der Waals surface area contributed by atoms with Crippen LogP contribution < -0.4 is 19.1 Å². The van der Waals surface area contributed by atoms with Crippen molar-refractivity contribution in [2.75, 3.05) is 12.0 Å². The second kappa shape index (κ2) is 13.4. The third-order valence-corrected chi connectivity index (χ3v) is 7.45. The first-order chi connectivity index (χ1) is 20.4. The zero-order valence-electron chi connectivity index (χ0n) is 24.5. The minimum atomic E-state index is -4.82. The van der Waals surface area contributed by atoms with Crippen molar-refractivity contribution in [1.82, 2.24) is 4.98 Å². The zero-order chi connectivity index (χ0) is 31.3. The highest BCUT2D eigenvalue weighted by Crippen LogP contribution is 2.39. The summed E-state index contributed by atoms with van der Waals surface area (Å²) in [5, 5.41) is 10.0. The molecule has 0 unspecified atom stereocenters. The summed E-state index contributed by atoms with van der Waals surface area (Å²) in [6.45, 7) is 5.53. The number of ether oxygens (including phenoxy) is 3. The van der Waals surface area contributed by atoms with Gasteiger partial charge in [0.05, 0.1) is 18.4 Å². The molecule has 1 aliphatic rings. The van der Waals surface area contributed by atoms with E-state index in [1.165, 1.54) is 30.3 Å². The summed E-state index contributed by atoms with van der Waals surface area (Å²) >= 11 is 0. The summed E-state index contributed by atoms with van der Waals surface area (Å²) in [5.41, 5.74) is -1.11. The molecule has 1 aromatic heterocycles. The lowest BCUT2D eigenvalue weighted by atomic mass is 9.82. The van der Waals surface area contributed by atoms with Crippen LogP contribution in [0.15, 0.2) is 54.7 Å². The normalized spacial score (nSPS) is 16.9. The van der Waals surface area contributed by atoms with E-state index in [1.54, 1.807) is 38.1 Å². The molecule has 0 spiro atoms. The van der Waals surface area contributed by atoms with E-state index in [9.17, 15) is 27.9 Å². The second-order valence-corrected chi connectivity index (χ2v) is 11.0. The number of amides is 1. The van der Waals surface area contributed by atoms with E-state index < -0.39 is 23.6 Å². The molecule has 11 heteroatoms. The zero-order valence-corrected chi connectivity index (χ0v) is 24.5. The molecule has 3 aromatic rings. The van der Waals surface area contributed by atoms with Gasteiger partial charge in [0.25, 0.3) is 0 Å². The van der Waals surface area contributed by atoms with Crippen molar-refractivity contribution in [1.29, 1.82) is 0 Å². The number of anilines is 1. The Morgan fingerprint density at radius 2 is 1.72 bits per heavy atom. The number of aromatic nitrogens is 1. The second-order valence-electron chi connectivity index (χ2n) is 11.0. The number of halogens is 3. The number of hydrogen-bond acceptors (Lipinski definition) is 6. The van der Waals surface area contributed by atoms with Gasteiger partial charge < -0.3 is 24.2 Å². The van der Waals surface area contributed by atoms with Gasteiger partial charge in [0.15, 0.2) is 0 Å². The number of nitrogens with zero attached hydrogens (tertiary/aromatic N) is 2. The summed E-state index contributed by atoms with van der Waals surface area (Å²) in [6.07, 6.45) is -0.342. The fourth-order valence-corrected chi connectivity index (χ4v) is 5.14. The van der Waals surface area contributed by atoms with Crippen molar-refractivity contribution in [3.05, 3.63) is 71.4 Å². The predicted octanol–water partition coefficient (Wildman–Crippen LogP) is 7.75. The Morgan fingerprint density at radius 3 is 2.35 bits per heavy atom. The Labute approximate surface area is 248 Å². The molecule has 1 N–H and O–H groups in total. The number of carboxylic acid groups (broad SMARTS) is 1. The van der Waals surface area contributed by atoms with Crippen LogP contribution in [0.2, 0.25) is 0 Å². The average molecular weight is 601 g/mol. The Bertz CT molecular complexity index is 1450. The molecule has 1 amide bonds. The van der Waals surface area contributed by atoms with Crippen molar-refractivity contribution in [2.45, 2.75) is 65.3 Å². The predicted molar refractivity (Wildman–Crippen MR) is 154 cm³/mol. The maximum atomic E-state index is 14.0. The van der Waals surface area contributed by atoms with Gasteiger partial charge in [-0.2, -0.15) is 13.2 Å². The number of hydrogen-bond donors (Lipinski definition) is 1. The maximum absolute atomic E-state index is 14.0. The molecule has 0 saturated heterocycles. The van der Waals surface area contributed by atoms with Crippen LogP contribution in [0.5, 0.6) is 23.1 Å². The number of aromatic carboxylic acids is 1. The minimum absolute atomic E-state index is 0.146. The highest BCUT2D eigenvalue weighted by molar-refractivity contribution is 6.03. The van der Waals surface area contributed by atoms with Crippen molar-refractivity contribution in [2.24, 2.45) is 11.8 Å². The van der Waals surface area contributed by atoms with Gasteiger partial charge in [-0.3, -0.25) is 4.79 Å². The molecular weight excluding hydrogens is 565 g/mol. The largest absolute Gasteiger partial charge is 0.497 e. The van der Waals surface area contributed by atoms with Crippen LogP contribution in [-0.4, -0.2) is 35.1 Å². The van der Waals surface area contributed by atoms with Gasteiger partial charge in [0.1, 0.15) is 29.4 Å². The minimum Gasteiger partial charge on any atom is -0.497 e. The Morgan fingerprint density at radius 1 is 1.02 bits per heavy atom. The van der Waals surface area contributed by atoms with Gasteiger partial charge in [0, 0.05) is 29.8 Å². The summed E-state index contributed by atoms with van der Waals surface area (Å²) in [6, 6.07) is 11.0. The van der Waals surface area contributed by atoms with Crippen molar-refractivity contribution in [3.8, 4) is 23.1 Å². The smallest absolute Gasteiger partial charge is 0.421 e. The van der Waals surface area contributed by atoms with E-state index in [2.05, 4.69) is 11.9 Å². The monoisotopic (exact) mass is 600 g/mol. The molecule has 230 valence electrons. The molecule has 0 aliphatic heterocycles. The summed E-state index contributed by atoms with van der Waals surface area (Å²) in [7, 11) is 1.49. The third-order valence-electron chi connectivity index (χ3n) is 7.45. The Kier molecular flexibility index (Phi) is 9.83. The van der Waals surface area contributed by atoms with Crippen LogP contribution >= 0.6 is 0 Å². The fraction of sp³-hybridized carbons (Fsp3) is 0.406. The lowest BCUT2D eigenvalue weighted by Gasteiger charge is -2.34. The lowest BCUT2D eigenvalue weighted by molar-refractivity contribution is -0.139. The summed E-state index contributed by atoms with van der Waals surface area (Å²) < 4.78 is 58.3. The third kappa shape index (κ3) is 7.77. The van der Waals surface area contributed by atoms with Gasteiger partial charge in [-0.05, 0) is 81.8 Å². The van der Waals surface area contributed by atoms with Crippen LogP contribution in [0, 0.1) is 11.8 Å². The highest BCUT2D eigenvalue weighted by atomic mass is 19.4. The van der Waals surface area contributed by atoms with E-state index in [0.717, 1.165) is 37.8 Å². The van der Waals surface area contributed by atoms with E-state index >= 15 is 0 Å². The van der Waals surface area contributed by atoms with E-state index in [0.29, 0.717) is 17.4 Å².